The van der Waals surface area contributed by atoms with E-state index in [1.54, 1.807) is 0 Å². The van der Waals surface area contributed by atoms with E-state index in [9.17, 15) is 22.8 Å². The van der Waals surface area contributed by atoms with E-state index < -0.39 is 17.8 Å². The van der Waals surface area contributed by atoms with Crippen molar-refractivity contribution in [3.63, 3.8) is 0 Å². The fraction of sp³-hybridized carbons (Fsp3) is 0.391. The second-order valence-corrected chi connectivity index (χ2v) is 8.16. The number of carbonyl (C=O) groups excluding carboxylic acids is 2. The highest BCUT2D eigenvalue weighted by atomic mass is 19.4. The molecular weight excluding hydrogens is 393 g/mol. The number of imide groups is 1. The van der Waals surface area contributed by atoms with Crippen LogP contribution in [0.1, 0.15) is 30.4 Å². The Kier molecular flexibility index (Phi) is 5.64. The number of alkyl halides is 3. The maximum atomic E-state index is 12.9. The van der Waals surface area contributed by atoms with Gasteiger partial charge in [0.1, 0.15) is 0 Å². The zero-order valence-corrected chi connectivity index (χ0v) is 16.5. The molecule has 7 heteroatoms. The average Bonchev–Trinajstić information content (AvgIpc) is 3.03. The summed E-state index contributed by atoms with van der Waals surface area (Å²) in [5.41, 5.74) is 0.721. The summed E-state index contributed by atoms with van der Waals surface area (Å²) in [6.07, 6.45) is -1.35. The largest absolute Gasteiger partial charge is 0.416 e. The summed E-state index contributed by atoms with van der Waals surface area (Å²) in [4.78, 5) is 27.6. The molecule has 0 aromatic heterocycles. The van der Waals surface area contributed by atoms with E-state index in [4.69, 9.17) is 0 Å². The number of hydrogen-bond donors (Lipinski definition) is 1. The van der Waals surface area contributed by atoms with Gasteiger partial charge in [-0.2, -0.15) is 13.2 Å². The lowest BCUT2D eigenvalue weighted by atomic mass is 9.89. The van der Waals surface area contributed by atoms with Crippen LogP contribution >= 0.6 is 0 Å². The van der Waals surface area contributed by atoms with Gasteiger partial charge in [-0.3, -0.25) is 9.59 Å². The lowest BCUT2D eigenvalue weighted by Gasteiger charge is -2.32. The molecule has 4 rings (SSSR count). The van der Waals surface area contributed by atoms with Crippen molar-refractivity contribution in [3.05, 3.63) is 65.7 Å². The van der Waals surface area contributed by atoms with E-state index in [-0.39, 0.29) is 23.9 Å². The standard InChI is InChI=1S/C23H23F3N2O2/c24-23(25,26)18-6-8-19(9-7-18)28-21(29)15-20(22(28)30)27-12-10-17(11-13-27)14-16-4-2-1-3-5-16/h1-9,17,20H,10-15H2/p+1/t20-/m0/s1. The van der Waals surface area contributed by atoms with Gasteiger partial charge in [0.05, 0.1) is 30.8 Å². The van der Waals surface area contributed by atoms with Crippen LogP contribution in [0.5, 0.6) is 0 Å². The normalized spacial score (nSPS) is 25.0. The average molecular weight is 417 g/mol. The molecule has 2 aliphatic rings. The van der Waals surface area contributed by atoms with Gasteiger partial charge in [-0.1, -0.05) is 30.3 Å². The maximum Gasteiger partial charge on any atom is 0.416 e. The van der Waals surface area contributed by atoms with E-state index in [0.717, 1.165) is 54.3 Å². The Bertz CT molecular complexity index is 904. The number of anilines is 1. The third-order valence-electron chi connectivity index (χ3n) is 6.21. The first-order valence-corrected chi connectivity index (χ1v) is 10.3. The molecule has 0 spiro atoms. The zero-order chi connectivity index (χ0) is 21.3. The number of quaternary nitrogens is 1. The summed E-state index contributed by atoms with van der Waals surface area (Å²) in [5.74, 6) is -0.0886. The van der Waals surface area contributed by atoms with Crippen LogP contribution in [0, 0.1) is 5.92 Å². The molecule has 0 radical (unpaired) electrons. The second kappa shape index (κ2) is 8.22. The number of benzene rings is 2. The topological polar surface area (TPSA) is 41.8 Å². The first-order chi connectivity index (χ1) is 14.3. The van der Waals surface area contributed by atoms with Crippen LogP contribution in [0.3, 0.4) is 0 Å². The van der Waals surface area contributed by atoms with Gasteiger partial charge >= 0.3 is 6.18 Å². The molecular formula is C23H24F3N2O2+. The van der Waals surface area contributed by atoms with Crippen molar-refractivity contribution in [1.29, 1.82) is 0 Å². The number of carbonyl (C=O) groups is 2. The molecule has 0 saturated carbocycles. The van der Waals surface area contributed by atoms with Gasteiger partial charge in [0.15, 0.2) is 6.04 Å². The predicted octanol–water partition coefficient (Wildman–Crippen LogP) is 2.87. The van der Waals surface area contributed by atoms with E-state index in [1.165, 1.54) is 17.7 Å². The Morgan fingerprint density at radius 1 is 0.933 bits per heavy atom. The van der Waals surface area contributed by atoms with Crippen molar-refractivity contribution in [1.82, 2.24) is 0 Å². The van der Waals surface area contributed by atoms with Crippen molar-refractivity contribution in [2.75, 3.05) is 18.0 Å². The second-order valence-electron chi connectivity index (χ2n) is 8.16. The molecule has 2 aliphatic heterocycles. The molecule has 1 atom stereocenters. The van der Waals surface area contributed by atoms with Gasteiger partial charge in [-0.25, -0.2) is 4.90 Å². The van der Waals surface area contributed by atoms with Crippen LogP contribution in [0.25, 0.3) is 0 Å². The molecule has 0 aliphatic carbocycles. The van der Waals surface area contributed by atoms with Crippen LogP contribution < -0.4 is 9.80 Å². The highest BCUT2D eigenvalue weighted by Gasteiger charge is 2.46. The molecule has 2 heterocycles. The summed E-state index contributed by atoms with van der Waals surface area (Å²) in [6, 6.07) is 14.1. The lowest BCUT2D eigenvalue weighted by molar-refractivity contribution is -0.920. The van der Waals surface area contributed by atoms with Crippen molar-refractivity contribution in [3.8, 4) is 0 Å². The Morgan fingerprint density at radius 3 is 2.17 bits per heavy atom. The fourth-order valence-electron chi connectivity index (χ4n) is 4.57. The number of nitrogens with one attached hydrogen (secondary N) is 1. The number of likely N-dealkylation sites (tertiary alicyclic amines) is 1. The molecule has 158 valence electrons. The third-order valence-corrected chi connectivity index (χ3v) is 6.21. The number of piperidine rings is 1. The van der Waals surface area contributed by atoms with Gasteiger partial charge in [0, 0.05) is 0 Å². The smallest absolute Gasteiger partial charge is 0.324 e. The van der Waals surface area contributed by atoms with Crippen molar-refractivity contribution < 1.29 is 27.7 Å². The minimum atomic E-state index is -4.45. The minimum absolute atomic E-state index is 0.110. The lowest BCUT2D eigenvalue weighted by Crippen LogP contribution is -3.17. The monoisotopic (exact) mass is 417 g/mol. The van der Waals surface area contributed by atoms with E-state index in [2.05, 4.69) is 12.1 Å². The van der Waals surface area contributed by atoms with Crippen LogP contribution in [0.4, 0.5) is 18.9 Å². The quantitative estimate of drug-likeness (QED) is 0.778. The van der Waals surface area contributed by atoms with E-state index >= 15 is 0 Å². The number of nitrogens with zero attached hydrogens (tertiary/aromatic N) is 1. The van der Waals surface area contributed by atoms with E-state index in [0.29, 0.717) is 5.92 Å². The van der Waals surface area contributed by atoms with Crippen molar-refractivity contribution in [2.24, 2.45) is 5.92 Å². The summed E-state index contributed by atoms with van der Waals surface area (Å²) >= 11 is 0. The van der Waals surface area contributed by atoms with Gasteiger partial charge in [0.25, 0.3) is 5.91 Å². The molecule has 4 nitrogen and oxygen atoms in total. The van der Waals surface area contributed by atoms with Crippen molar-refractivity contribution >= 4 is 17.5 Å². The van der Waals surface area contributed by atoms with Crippen LogP contribution in [0.2, 0.25) is 0 Å². The Balaban J connectivity index is 1.38. The maximum absolute atomic E-state index is 12.9. The molecule has 2 fully saturated rings. The van der Waals surface area contributed by atoms with Gasteiger partial charge in [-0.15, -0.1) is 0 Å². The van der Waals surface area contributed by atoms with Gasteiger partial charge in [0.2, 0.25) is 5.91 Å². The number of amides is 2. The highest BCUT2D eigenvalue weighted by Crippen LogP contribution is 2.31. The van der Waals surface area contributed by atoms with E-state index in [1.807, 2.05) is 18.2 Å². The predicted molar refractivity (Wildman–Crippen MR) is 106 cm³/mol. The molecule has 0 unspecified atom stereocenters. The molecule has 1 N–H and O–H groups in total. The minimum Gasteiger partial charge on any atom is -0.324 e. The fourth-order valence-corrected chi connectivity index (χ4v) is 4.57. The Morgan fingerprint density at radius 2 is 1.57 bits per heavy atom. The first kappa shape index (κ1) is 20.6. The first-order valence-electron chi connectivity index (χ1n) is 10.3. The van der Waals surface area contributed by atoms with Gasteiger partial charge < -0.3 is 4.90 Å². The summed E-state index contributed by atoms with van der Waals surface area (Å²) in [5, 5.41) is 0. The molecule has 2 aromatic carbocycles. The SMILES string of the molecule is O=C1C[C@H]([NH+]2CCC(Cc3ccccc3)CC2)C(=O)N1c1ccc(C(F)(F)F)cc1. The highest BCUT2D eigenvalue weighted by molar-refractivity contribution is 6.21. The van der Waals surface area contributed by atoms with Crippen molar-refractivity contribution in [2.45, 2.75) is 37.9 Å². The Labute approximate surface area is 173 Å². The van der Waals surface area contributed by atoms with Crippen LogP contribution in [0.15, 0.2) is 54.6 Å². The molecule has 0 bridgehead atoms. The molecule has 30 heavy (non-hydrogen) atoms. The van der Waals surface area contributed by atoms with Crippen LogP contribution in [-0.4, -0.2) is 30.9 Å². The third kappa shape index (κ3) is 4.26. The number of halogens is 3. The zero-order valence-electron chi connectivity index (χ0n) is 16.5. The number of rotatable bonds is 4. The number of hydrogen-bond acceptors (Lipinski definition) is 2. The summed E-state index contributed by atoms with van der Waals surface area (Å²) < 4.78 is 38.3. The summed E-state index contributed by atoms with van der Waals surface area (Å²) in [6.45, 7) is 1.64. The van der Waals surface area contributed by atoms with Crippen LogP contribution in [-0.2, 0) is 22.2 Å². The molecule has 2 aromatic rings. The molecule has 2 saturated heterocycles. The van der Waals surface area contributed by atoms with Gasteiger partial charge in [-0.05, 0) is 55.0 Å². The summed E-state index contributed by atoms with van der Waals surface area (Å²) in [7, 11) is 0. The Hall–Kier alpha value is -2.67. The molecule has 2 amide bonds.